The van der Waals surface area contributed by atoms with Crippen molar-refractivity contribution in [3.63, 3.8) is 0 Å². The highest BCUT2D eigenvalue weighted by atomic mass is 16.5. The van der Waals surface area contributed by atoms with Crippen LogP contribution in [0.5, 0.6) is 5.75 Å². The molecule has 5 nitrogen and oxygen atoms in total. The van der Waals surface area contributed by atoms with Crippen molar-refractivity contribution in [3.05, 3.63) is 58.7 Å². The van der Waals surface area contributed by atoms with Crippen LogP contribution in [-0.4, -0.2) is 49.9 Å². The van der Waals surface area contributed by atoms with Crippen LogP contribution in [0.4, 0.5) is 5.69 Å². The van der Waals surface area contributed by atoms with Crippen molar-refractivity contribution in [2.24, 2.45) is 0 Å². The fourth-order valence-electron chi connectivity index (χ4n) is 5.37. The summed E-state index contributed by atoms with van der Waals surface area (Å²) in [6.45, 7) is 6.15. The van der Waals surface area contributed by atoms with Crippen LogP contribution in [0.2, 0.25) is 0 Å². The lowest BCUT2D eigenvalue weighted by Crippen LogP contribution is -2.39. The van der Waals surface area contributed by atoms with Gasteiger partial charge in [-0.25, -0.2) is 0 Å². The minimum atomic E-state index is 0.233. The third-order valence-electron chi connectivity index (χ3n) is 7.31. The predicted molar refractivity (Wildman–Crippen MR) is 137 cm³/mol. The largest absolute Gasteiger partial charge is 0.496 e. The van der Waals surface area contributed by atoms with E-state index in [1.807, 2.05) is 17.0 Å². The Bertz CT molecular complexity index is 999. The normalized spacial score (nSPS) is 14.9. The highest BCUT2D eigenvalue weighted by Gasteiger charge is 2.30. The molecular formula is C29H38N2O3. The van der Waals surface area contributed by atoms with Crippen LogP contribution in [0.15, 0.2) is 36.4 Å². The first-order valence-corrected chi connectivity index (χ1v) is 12.9. The second-order valence-electron chi connectivity index (χ2n) is 9.52. The Labute approximate surface area is 204 Å². The molecule has 2 aliphatic heterocycles. The van der Waals surface area contributed by atoms with Gasteiger partial charge >= 0.3 is 0 Å². The van der Waals surface area contributed by atoms with E-state index in [2.05, 4.69) is 36.1 Å². The third kappa shape index (κ3) is 5.69. The molecule has 0 spiro atoms. The van der Waals surface area contributed by atoms with Gasteiger partial charge in [0.15, 0.2) is 5.78 Å². The molecule has 0 aromatic heterocycles. The van der Waals surface area contributed by atoms with E-state index in [0.717, 1.165) is 88.1 Å². The summed E-state index contributed by atoms with van der Waals surface area (Å²) in [5.74, 6) is 1.45. The molecule has 0 fully saturated rings. The Morgan fingerprint density at radius 3 is 2.62 bits per heavy atom. The number of carbonyl (C=O) groups is 2. The van der Waals surface area contributed by atoms with Gasteiger partial charge in [-0.15, -0.1) is 0 Å². The van der Waals surface area contributed by atoms with Crippen LogP contribution >= 0.6 is 0 Å². The smallest absolute Gasteiger partial charge is 0.227 e. The number of ketones is 1. The molecule has 4 rings (SSSR count). The number of carbonyl (C=O) groups excluding carboxylic acids is 2. The standard InChI is InChI=1S/C29H38N2O3/c1-3-30(19-16-22-10-6-7-13-27(22)34-2)17-8-4-5-12-26(32)25-20-23-11-9-18-31-28(33)15-14-24(21-25)29(23)31/h6-7,10,13,20-21H,3-5,8-9,11-12,14-19H2,1-2H3. The predicted octanol–water partition coefficient (Wildman–Crippen LogP) is 5.23. The highest BCUT2D eigenvalue weighted by Crippen LogP contribution is 2.37. The van der Waals surface area contributed by atoms with Gasteiger partial charge in [0.2, 0.25) is 5.91 Å². The first kappa shape index (κ1) is 24.5. The van der Waals surface area contributed by atoms with E-state index < -0.39 is 0 Å². The molecule has 0 bridgehead atoms. The molecule has 0 unspecified atom stereocenters. The van der Waals surface area contributed by atoms with Gasteiger partial charge in [0.05, 0.1) is 12.8 Å². The second-order valence-corrected chi connectivity index (χ2v) is 9.52. The van der Waals surface area contributed by atoms with Crippen LogP contribution in [0.3, 0.4) is 0 Å². The number of likely N-dealkylation sites (N-methyl/N-ethyl adjacent to an activating group) is 1. The average molecular weight is 463 g/mol. The summed E-state index contributed by atoms with van der Waals surface area (Å²) in [6.07, 6.45) is 7.98. The maximum Gasteiger partial charge on any atom is 0.227 e. The highest BCUT2D eigenvalue weighted by molar-refractivity contribution is 6.01. The summed E-state index contributed by atoms with van der Waals surface area (Å²) in [5, 5.41) is 0. The Hall–Kier alpha value is -2.66. The number of rotatable bonds is 12. The maximum absolute atomic E-state index is 12.9. The summed E-state index contributed by atoms with van der Waals surface area (Å²) >= 11 is 0. The van der Waals surface area contributed by atoms with Crippen molar-refractivity contribution in [2.45, 2.75) is 64.7 Å². The van der Waals surface area contributed by atoms with Crippen LogP contribution in [0, 0.1) is 0 Å². The zero-order chi connectivity index (χ0) is 23.9. The van der Waals surface area contributed by atoms with Crippen molar-refractivity contribution >= 4 is 17.4 Å². The van der Waals surface area contributed by atoms with Gasteiger partial charge < -0.3 is 14.5 Å². The van der Waals surface area contributed by atoms with Crippen LogP contribution in [0.25, 0.3) is 0 Å². The fraction of sp³-hybridized carbons (Fsp3) is 0.517. The fourth-order valence-corrected chi connectivity index (χ4v) is 5.37. The van der Waals surface area contributed by atoms with E-state index in [1.54, 1.807) is 7.11 Å². The second kappa shape index (κ2) is 11.7. The third-order valence-corrected chi connectivity index (χ3v) is 7.31. The molecule has 0 atom stereocenters. The van der Waals surface area contributed by atoms with E-state index >= 15 is 0 Å². The van der Waals surface area contributed by atoms with Gasteiger partial charge in [-0.1, -0.05) is 31.5 Å². The quantitative estimate of drug-likeness (QED) is 0.320. The number of methoxy groups -OCH3 is 1. The van der Waals surface area contributed by atoms with Crippen LogP contribution in [-0.2, 0) is 24.1 Å². The monoisotopic (exact) mass is 462 g/mol. The lowest BCUT2D eigenvalue weighted by Gasteiger charge is -2.35. The maximum atomic E-state index is 12.9. The number of unbranched alkanes of at least 4 members (excludes halogenated alkanes) is 2. The topological polar surface area (TPSA) is 49.9 Å². The van der Waals surface area contributed by atoms with E-state index in [9.17, 15) is 9.59 Å². The number of ether oxygens (including phenoxy) is 1. The van der Waals surface area contributed by atoms with E-state index in [0.29, 0.717) is 12.8 Å². The molecule has 0 saturated heterocycles. The molecule has 0 radical (unpaired) electrons. The van der Waals surface area contributed by atoms with Gasteiger partial charge in [0.25, 0.3) is 0 Å². The van der Waals surface area contributed by atoms with Gasteiger partial charge in [0.1, 0.15) is 5.75 Å². The lowest BCUT2D eigenvalue weighted by atomic mass is 9.88. The molecule has 0 aliphatic carbocycles. The zero-order valence-electron chi connectivity index (χ0n) is 20.8. The van der Waals surface area contributed by atoms with Crippen molar-refractivity contribution in [1.29, 1.82) is 0 Å². The van der Waals surface area contributed by atoms with E-state index in [4.69, 9.17) is 4.74 Å². The molecule has 182 valence electrons. The Balaban J connectivity index is 1.23. The molecular weight excluding hydrogens is 424 g/mol. The van der Waals surface area contributed by atoms with Crippen molar-refractivity contribution in [3.8, 4) is 5.75 Å². The van der Waals surface area contributed by atoms with Gasteiger partial charge in [-0.05, 0) is 86.5 Å². The Morgan fingerprint density at radius 2 is 1.82 bits per heavy atom. The van der Waals surface area contributed by atoms with E-state index in [1.165, 1.54) is 16.7 Å². The van der Waals surface area contributed by atoms with Crippen molar-refractivity contribution in [2.75, 3.05) is 38.2 Å². The average Bonchev–Trinajstić information content (AvgIpc) is 2.87. The molecule has 2 aliphatic rings. The summed E-state index contributed by atoms with van der Waals surface area (Å²) < 4.78 is 5.47. The van der Waals surface area contributed by atoms with Crippen molar-refractivity contribution in [1.82, 2.24) is 4.90 Å². The summed E-state index contributed by atoms with van der Waals surface area (Å²) in [6, 6.07) is 12.4. The number of Topliss-reactive ketones (excluding diaryl/α,β-unsaturated/α-hetero) is 1. The number of anilines is 1. The summed E-state index contributed by atoms with van der Waals surface area (Å²) in [5.41, 5.74) is 5.58. The number of aryl methyl sites for hydroxylation is 2. The molecule has 0 N–H and O–H groups in total. The number of amides is 1. The number of hydrogen-bond acceptors (Lipinski definition) is 4. The minimum Gasteiger partial charge on any atom is -0.496 e. The molecule has 2 aromatic carbocycles. The summed E-state index contributed by atoms with van der Waals surface area (Å²) in [7, 11) is 1.73. The molecule has 1 amide bonds. The van der Waals surface area contributed by atoms with E-state index in [-0.39, 0.29) is 11.7 Å². The van der Waals surface area contributed by atoms with Gasteiger partial charge in [0, 0.05) is 31.5 Å². The molecule has 0 saturated carbocycles. The number of para-hydroxylation sites is 1. The SMILES string of the molecule is CCN(CCCCCC(=O)c1cc2c3c(c1)CCC(=O)N3CCC2)CCc1ccccc1OC. The van der Waals surface area contributed by atoms with Gasteiger partial charge in [-0.2, -0.15) is 0 Å². The zero-order valence-corrected chi connectivity index (χ0v) is 20.8. The minimum absolute atomic E-state index is 0.233. The first-order chi connectivity index (χ1) is 16.6. The van der Waals surface area contributed by atoms with Gasteiger partial charge in [-0.3, -0.25) is 9.59 Å². The number of nitrogens with zero attached hydrogens (tertiary/aromatic N) is 2. The van der Waals surface area contributed by atoms with Crippen LogP contribution in [0.1, 0.15) is 72.5 Å². The molecule has 34 heavy (non-hydrogen) atoms. The Kier molecular flexibility index (Phi) is 8.39. The first-order valence-electron chi connectivity index (χ1n) is 12.9. The molecule has 5 heteroatoms. The number of hydrogen-bond donors (Lipinski definition) is 0. The van der Waals surface area contributed by atoms with Crippen molar-refractivity contribution < 1.29 is 14.3 Å². The number of benzene rings is 2. The molecule has 2 aromatic rings. The summed E-state index contributed by atoms with van der Waals surface area (Å²) in [4.78, 5) is 29.6. The van der Waals surface area contributed by atoms with Crippen LogP contribution < -0.4 is 9.64 Å². The molecule has 2 heterocycles. The lowest BCUT2D eigenvalue weighted by molar-refractivity contribution is -0.119. The Morgan fingerprint density at radius 1 is 1.03 bits per heavy atom.